The van der Waals surface area contributed by atoms with Crippen molar-refractivity contribution in [2.75, 3.05) is 50.8 Å². The van der Waals surface area contributed by atoms with Gasteiger partial charge in [0.2, 0.25) is 47.3 Å². The number of aliphatic imine (C=N–C) groups is 3. The van der Waals surface area contributed by atoms with Crippen LogP contribution >= 0.6 is 11.3 Å². The number of carbonyl (C=O) groups excluding carboxylic acids is 9. The predicted molar refractivity (Wildman–Crippen MR) is 339 cm³/mol. The molecule has 1 aromatic heterocycles. The van der Waals surface area contributed by atoms with Gasteiger partial charge in [-0.3, -0.25) is 63.0 Å². The highest BCUT2D eigenvalue weighted by Crippen LogP contribution is 2.42. The summed E-state index contributed by atoms with van der Waals surface area (Å²) in [6.07, 6.45) is 3.84. The van der Waals surface area contributed by atoms with E-state index in [1.807, 2.05) is 0 Å². The first-order valence-corrected chi connectivity index (χ1v) is 32.1. The summed E-state index contributed by atoms with van der Waals surface area (Å²) in [5.74, 6) is -8.37. The lowest BCUT2D eigenvalue weighted by atomic mass is 9.84. The maximum atomic E-state index is 15.3. The summed E-state index contributed by atoms with van der Waals surface area (Å²) >= 11 is 1.27. The number of fused-ring (bicyclic) bond motifs is 2. The summed E-state index contributed by atoms with van der Waals surface area (Å²) < 4.78 is 0. The number of nitrogens with zero attached hydrogens (tertiary/aromatic N) is 7. The molecule has 0 radical (unpaired) electrons. The number of aliphatic hydroxyl groups excluding tert-OH is 2. The second kappa shape index (κ2) is 33.6. The lowest BCUT2D eigenvalue weighted by Gasteiger charge is -2.42. The number of para-hydroxylation sites is 1. The van der Waals surface area contributed by atoms with Gasteiger partial charge in [0.15, 0.2) is 17.9 Å². The Bertz CT molecular complexity index is 3050. The van der Waals surface area contributed by atoms with Crippen molar-refractivity contribution in [3.8, 4) is 0 Å². The smallest absolute Gasteiger partial charge is 0.326 e. The molecule has 504 valence electrons. The van der Waals surface area contributed by atoms with Crippen molar-refractivity contribution in [2.24, 2.45) is 61.0 Å². The quantitative estimate of drug-likeness (QED) is 0.0199. The normalized spacial score (nSPS) is 22.4. The molecule has 12 atom stereocenters. The van der Waals surface area contributed by atoms with Gasteiger partial charge in [0, 0.05) is 62.2 Å². The first kappa shape index (κ1) is 70.8. The number of β-amino-alcohol motifs (C(OH)–C–C–N with tert-alkyl or cyclic N) is 1. The molecule has 7 rings (SSSR count). The zero-order valence-electron chi connectivity index (χ0n) is 51.4. The van der Waals surface area contributed by atoms with E-state index in [4.69, 9.17) is 40.1 Å². The van der Waals surface area contributed by atoms with E-state index in [9.17, 15) is 53.7 Å². The molecule has 0 bridgehead atoms. The number of rotatable bonds is 30. The fraction of sp³-hybridized carbons (Fsp3) is 0.610. The molecule has 1 saturated carbocycles. The number of carboxylic acids is 1. The fourth-order valence-electron chi connectivity index (χ4n) is 12.9. The van der Waals surface area contributed by atoms with Crippen molar-refractivity contribution in [2.45, 2.75) is 176 Å². The number of aliphatic hydroxyl groups is 2. The number of aliphatic carboxylic acids is 1. The number of carbonyl (C=O) groups is 10. The first-order valence-electron chi connectivity index (χ1n) is 31.3. The van der Waals surface area contributed by atoms with Crippen LogP contribution in [0.3, 0.4) is 0 Å². The van der Waals surface area contributed by atoms with Crippen LogP contribution in [0.2, 0.25) is 0 Å². The van der Waals surface area contributed by atoms with Crippen molar-refractivity contribution in [1.82, 2.24) is 41.3 Å². The van der Waals surface area contributed by atoms with Crippen LogP contribution < -0.4 is 71.6 Å². The van der Waals surface area contributed by atoms with E-state index in [-0.39, 0.29) is 121 Å². The van der Waals surface area contributed by atoms with Gasteiger partial charge in [-0.15, -0.1) is 11.3 Å². The summed E-state index contributed by atoms with van der Waals surface area (Å²) in [7, 11) is 0. The summed E-state index contributed by atoms with van der Waals surface area (Å²) in [5, 5.41) is 46.8. The Hall–Kier alpha value is -8.69. The van der Waals surface area contributed by atoms with Crippen LogP contribution in [0.1, 0.15) is 107 Å². The van der Waals surface area contributed by atoms with E-state index in [0.29, 0.717) is 41.8 Å². The summed E-state index contributed by atoms with van der Waals surface area (Å²) in [6.45, 7) is -1.36. The minimum Gasteiger partial charge on any atom is -0.480 e. The molecule has 5 heterocycles. The maximum absolute atomic E-state index is 15.3. The molecule has 1 aliphatic carbocycles. The van der Waals surface area contributed by atoms with Crippen molar-refractivity contribution in [3.63, 3.8) is 0 Å². The van der Waals surface area contributed by atoms with Crippen molar-refractivity contribution < 1.29 is 63.3 Å². The highest BCUT2D eigenvalue weighted by atomic mass is 32.1. The molecule has 9 amide bonds. The van der Waals surface area contributed by atoms with Gasteiger partial charge >= 0.3 is 5.97 Å². The zero-order valence-corrected chi connectivity index (χ0v) is 52.3. The molecule has 1 aromatic carbocycles. The topological polar surface area (TPSA) is 524 Å². The second-order valence-electron chi connectivity index (χ2n) is 23.9. The molecule has 3 saturated heterocycles. The molecule has 32 nitrogen and oxygen atoms in total. The highest BCUT2D eigenvalue weighted by Gasteiger charge is 2.52. The predicted octanol–water partition coefficient (Wildman–Crippen LogP) is -4.63. The molecular formula is C59H89N19O13S. The Kier molecular flexibility index (Phi) is 25.8. The van der Waals surface area contributed by atoms with Gasteiger partial charge < -0.3 is 96.7 Å². The number of anilines is 1. The molecule has 4 aliphatic heterocycles. The number of guanidine groups is 3. The minimum absolute atomic E-state index is 0.00000960. The van der Waals surface area contributed by atoms with Crippen LogP contribution in [-0.4, -0.2) is 219 Å². The Morgan fingerprint density at radius 2 is 1.28 bits per heavy atom. The number of hydrogen-bond donors (Lipinski definition) is 15. The standard InChI is InChI=1S/C59H89N19O13S/c60-36(13-5-21-67-57(61)62)48(82)72-37(14-6-22-68-58(63)64)52(86)75-24-8-18-43(75)54(88)76-30-34(80)27-45(76)50(84)70-29-47(81)71-39(28-35-12-9-25-92-35)49(83)74-40(31-79)53(87)77-41-16-3-1-10-32(41)19-20-44(77)55(89)78-42-17-4-2-11-33(42)26-46(78)51(85)73-38(56(90)91)15-7-23-69-59(65)66/h1,3,9-10,12,16,25,33-34,36-40,42-46,79-80H,2,4-8,11,13-15,17-24,26-31,60H2,(H,70,84)(H,71,81)(H,72,82)(H,73,85)(H,74,83)(H,90,91)(H4,61,62,67)(H4,63,64,68)(H4,65,66,69)/t33-,34+,36-,37-,38-,39-,40-,42-,43-,44+,45-,46-/m0/s1. The summed E-state index contributed by atoms with van der Waals surface area (Å²) in [6, 6.07) is -1.41. The van der Waals surface area contributed by atoms with E-state index in [0.717, 1.165) is 24.2 Å². The third kappa shape index (κ3) is 18.7. The van der Waals surface area contributed by atoms with E-state index < -0.39 is 139 Å². The monoisotopic (exact) mass is 1300 g/mol. The van der Waals surface area contributed by atoms with Crippen LogP contribution in [0.25, 0.3) is 0 Å². The van der Waals surface area contributed by atoms with Crippen LogP contribution in [-0.2, 0) is 60.8 Å². The molecule has 0 unspecified atom stereocenters. The number of hydrogen-bond acceptors (Lipinski definition) is 17. The number of thiophene rings is 1. The van der Waals surface area contributed by atoms with Crippen LogP contribution in [0.4, 0.5) is 5.69 Å². The van der Waals surface area contributed by atoms with Crippen LogP contribution in [0, 0.1) is 5.92 Å². The second-order valence-corrected chi connectivity index (χ2v) is 24.9. The number of nitrogens with one attached hydrogen (secondary N) is 5. The zero-order chi connectivity index (χ0) is 66.8. The molecule has 4 fully saturated rings. The summed E-state index contributed by atoms with van der Waals surface area (Å²) in [5.41, 5.74) is 39.9. The molecule has 92 heavy (non-hydrogen) atoms. The molecule has 0 spiro atoms. The maximum Gasteiger partial charge on any atom is 0.326 e. The first-order chi connectivity index (χ1) is 44.0. The summed E-state index contributed by atoms with van der Waals surface area (Å²) in [4.78, 5) is 159. The molecule has 22 N–H and O–H groups in total. The van der Waals surface area contributed by atoms with Gasteiger partial charge in [-0.1, -0.05) is 37.1 Å². The average molecular weight is 1300 g/mol. The number of aryl methyl sites for hydroxylation is 1. The third-order valence-corrected chi connectivity index (χ3v) is 18.3. The highest BCUT2D eigenvalue weighted by molar-refractivity contribution is 7.09. The van der Waals surface area contributed by atoms with Gasteiger partial charge in [-0.2, -0.15) is 0 Å². The number of amides is 9. The number of carboxylic acid groups (broad SMARTS) is 1. The Labute approximate surface area is 536 Å². The Morgan fingerprint density at radius 3 is 1.93 bits per heavy atom. The van der Waals surface area contributed by atoms with E-state index in [1.165, 1.54) is 26.0 Å². The van der Waals surface area contributed by atoms with Gasteiger partial charge in [0.1, 0.15) is 48.3 Å². The number of nitrogens with two attached hydrogens (primary N) is 7. The lowest BCUT2D eigenvalue weighted by molar-refractivity contribution is -0.148. The lowest BCUT2D eigenvalue weighted by Crippen LogP contribution is -2.63. The van der Waals surface area contributed by atoms with E-state index in [2.05, 4.69) is 41.6 Å². The molecule has 5 aliphatic rings. The van der Waals surface area contributed by atoms with Gasteiger partial charge in [-0.25, -0.2) is 4.79 Å². The SMILES string of the molecule is NC(N)=NCCC[C@H](NC(=O)[C@@H]1C[C@@H]2CCCC[C@@H]2N1C(=O)[C@H]1CCc2ccccc2N1C(=O)[C@H](CO)NC(=O)[C@H](Cc1cccs1)NC(=O)CNC(=O)[C@@H]1C[C@@H](O)CN1C(=O)[C@@H]1CCCN1C(=O)[C@H](CCCN=C(N)N)NC(=O)[C@@H](N)CCCN=C(N)N)C(=O)O. The third-order valence-electron chi connectivity index (χ3n) is 17.4. The largest absolute Gasteiger partial charge is 0.480 e. The van der Waals surface area contributed by atoms with Gasteiger partial charge in [0.25, 0.3) is 5.91 Å². The van der Waals surface area contributed by atoms with Gasteiger partial charge in [0.05, 0.1) is 25.3 Å². The van der Waals surface area contributed by atoms with Crippen LogP contribution in [0.5, 0.6) is 0 Å². The molecule has 33 heteroatoms. The van der Waals surface area contributed by atoms with E-state index in [1.54, 1.807) is 41.8 Å². The average Bonchev–Trinajstić information content (AvgIpc) is 1.42. The number of likely N-dealkylation sites (tertiary alicyclic amines) is 3. The number of benzene rings is 1. The Balaban J connectivity index is 1.03. The van der Waals surface area contributed by atoms with Crippen molar-refractivity contribution >= 4 is 94.0 Å². The Morgan fingerprint density at radius 1 is 0.630 bits per heavy atom. The molecular weight excluding hydrogens is 1210 g/mol. The molecule has 2 aromatic rings. The fourth-order valence-corrected chi connectivity index (χ4v) is 13.7. The minimum atomic E-state index is -1.69. The van der Waals surface area contributed by atoms with Crippen LogP contribution in [0.15, 0.2) is 56.8 Å². The van der Waals surface area contributed by atoms with Crippen molar-refractivity contribution in [3.05, 3.63) is 52.2 Å². The van der Waals surface area contributed by atoms with Crippen molar-refractivity contribution in [1.29, 1.82) is 0 Å². The van der Waals surface area contributed by atoms with E-state index >= 15 is 9.59 Å². The van der Waals surface area contributed by atoms with Gasteiger partial charge in [-0.05, 0) is 112 Å².